The Hall–Kier alpha value is -3.74. The molecule has 1 aliphatic rings. The van der Waals surface area contributed by atoms with E-state index in [0.717, 1.165) is 5.69 Å². The Kier molecular flexibility index (Phi) is 5.47. The number of benzene rings is 1. The summed E-state index contributed by atoms with van der Waals surface area (Å²) in [5.41, 5.74) is 1.88. The van der Waals surface area contributed by atoms with Crippen LogP contribution >= 0.6 is 0 Å². The third kappa shape index (κ3) is 4.24. The zero-order chi connectivity index (χ0) is 20.1. The zero-order valence-electron chi connectivity index (χ0n) is 15.7. The van der Waals surface area contributed by atoms with Crippen LogP contribution in [0.5, 0.6) is 11.6 Å². The maximum absolute atomic E-state index is 13.1. The number of hydrogen-bond acceptors (Lipinski definition) is 5. The van der Waals surface area contributed by atoms with Crippen molar-refractivity contribution in [1.82, 2.24) is 15.3 Å². The lowest BCUT2D eigenvalue weighted by molar-refractivity contribution is -0.121. The molecule has 3 aromatic rings. The first-order valence-electron chi connectivity index (χ1n) is 9.43. The predicted octanol–water partition coefficient (Wildman–Crippen LogP) is 3.33. The summed E-state index contributed by atoms with van der Waals surface area (Å²) in [4.78, 5) is 35.3. The third-order valence-corrected chi connectivity index (χ3v) is 4.59. The summed E-state index contributed by atoms with van der Waals surface area (Å²) in [5.74, 6) is 0.593. The van der Waals surface area contributed by atoms with Gasteiger partial charge in [0.2, 0.25) is 11.8 Å². The number of ether oxygens (including phenoxy) is 1. The molecule has 0 fully saturated rings. The van der Waals surface area contributed by atoms with E-state index in [4.69, 9.17) is 4.74 Å². The van der Waals surface area contributed by atoms with Crippen LogP contribution in [0, 0.1) is 0 Å². The summed E-state index contributed by atoms with van der Waals surface area (Å²) in [6, 6.07) is 16.3. The van der Waals surface area contributed by atoms with Crippen LogP contribution in [0.2, 0.25) is 0 Å². The molecule has 1 aromatic carbocycles. The SMILES string of the molecule is O=C(CCCN1C(=O)c2cccnc2Oc2ccccc21)NCc1ccccn1. The number of amides is 2. The van der Waals surface area contributed by atoms with Gasteiger partial charge in [0.05, 0.1) is 17.9 Å². The maximum Gasteiger partial charge on any atom is 0.263 e. The van der Waals surface area contributed by atoms with Crippen LogP contribution in [-0.2, 0) is 11.3 Å². The monoisotopic (exact) mass is 388 g/mol. The van der Waals surface area contributed by atoms with Gasteiger partial charge >= 0.3 is 0 Å². The van der Waals surface area contributed by atoms with E-state index in [2.05, 4.69) is 15.3 Å². The van der Waals surface area contributed by atoms with E-state index < -0.39 is 0 Å². The van der Waals surface area contributed by atoms with Crippen molar-refractivity contribution in [3.05, 3.63) is 78.2 Å². The first-order chi connectivity index (χ1) is 14.2. The topological polar surface area (TPSA) is 84.4 Å². The third-order valence-electron chi connectivity index (χ3n) is 4.59. The van der Waals surface area contributed by atoms with Crippen LogP contribution in [0.4, 0.5) is 5.69 Å². The Labute approximate surface area is 168 Å². The number of aromatic nitrogens is 2. The minimum Gasteiger partial charge on any atom is -0.436 e. The molecule has 0 aliphatic carbocycles. The van der Waals surface area contributed by atoms with Gasteiger partial charge in [-0.15, -0.1) is 0 Å². The van der Waals surface area contributed by atoms with Crippen molar-refractivity contribution >= 4 is 17.5 Å². The number of carbonyl (C=O) groups excluding carboxylic acids is 2. The zero-order valence-corrected chi connectivity index (χ0v) is 15.7. The largest absolute Gasteiger partial charge is 0.436 e. The molecule has 7 nitrogen and oxygen atoms in total. The maximum atomic E-state index is 13.1. The number of anilines is 1. The van der Waals surface area contributed by atoms with Crippen molar-refractivity contribution in [2.45, 2.75) is 19.4 Å². The molecule has 0 radical (unpaired) electrons. The van der Waals surface area contributed by atoms with Crippen molar-refractivity contribution in [3.63, 3.8) is 0 Å². The van der Waals surface area contributed by atoms with Gasteiger partial charge in [0.25, 0.3) is 5.91 Å². The van der Waals surface area contributed by atoms with Crippen LogP contribution in [0.15, 0.2) is 67.0 Å². The number of para-hydroxylation sites is 2. The molecule has 29 heavy (non-hydrogen) atoms. The molecule has 0 bridgehead atoms. The van der Waals surface area contributed by atoms with Crippen LogP contribution in [0.1, 0.15) is 28.9 Å². The van der Waals surface area contributed by atoms with E-state index >= 15 is 0 Å². The van der Waals surface area contributed by atoms with Crippen molar-refractivity contribution < 1.29 is 14.3 Å². The summed E-state index contributed by atoms with van der Waals surface area (Å²) < 4.78 is 5.86. The Balaban J connectivity index is 1.42. The second-order valence-electron chi connectivity index (χ2n) is 6.58. The molecule has 2 amide bonds. The van der Waals surface area contributed by atoms with Gasteiger partial charge in [0, 0.05) is 25.4 Å². The first-order valence-corrected chi connectivity index (χ1v) is 9.43. The minimum absolute atomic E-state index is 0.0791. The van der Waals surface area contributed by atoms with Gasteiger partial charge in [-0.25, -0.2) is 4.98 Å². The number of fused-ring (bicyclic) bond motifs is 2. The highest BCUT2D eigenvalue weighted by Crippen LogP contribution is 2.37. The van der Waals surface area contributed by atoms with E-state index in [9.17, 15) is 9.59 Å². The Morgan fingerprint density at radius 3 is 2.69 bits per heavy atom. The second-order valence-corrected chi connectivity index (χ2v) is 6.58. The molecule has 0 saturated carbocycles. The lowest BCUT2D eigenvalue weighted by Crippen LogP contribution is -2.32. The molecule has 146 valence electrons. The lowest BCUT2D eigenvalue weighted by atomic mass is 10.2. The minimum atomic E-state index is -0.188. The quantitative estimate of drug-likeness (QED) is 0.700. The highest BCUT2D eigenvalue weighted by molar-refractivity contribution is 6.09. The van der Waals surface area contributed by atoms with Crippen molar-refractivity contribution in [1.29, 1.82) is 0 Å². The van der Waals surface area contributed by atoms with E-state index in [1.807, 2.05) is 36.4 Å². The van der Waals surface area contributed by atoms with Gasteiger partial charge in [-0.05, 0) is 42.8 Å². The van der Waals surface area contributed by atoms with Gasteiger partial charge in [-0.2, -0.15) is 0 Å². The summed E-state index contributed by atoms with van der Waals surface area (Å²) in [6.45, 7) is 0.780. The molecule has 4 rings (SSSR count). The van der Waals surface area contributed by atoms with E-state index in [-0.39, 0.29) is 11.8 Å². The van der Waals surface area contributed by atoms with Gasteiger partial charge in [-0.1, -0.05) is 18.2 Å². The summed E-state index contributed by atoms with van der Waals surface area (Å²) >= 11 is 0. The number of nitrogens with zero attached hydrogens (tertiary/aromatic N) is 3. The number of hydrogen-bond donors (Lipinski definition) is 1. The van der Waals surface area contributed by atoms with Gasteiger partial charge in [-0.3, -0.25) is 14.6 Å². The molecule has 7 heteroatoms. The number of pyridine rings is 2. The average Bonchev–Trinajstić information content (AvgIpc) is 2.88. The number of carbonyl (C=O) groups is 2. The predicted molar refractivity (Wildman–Crippen MR) is 108 cm³/mol. The summed E-state index contributed by atoms with van der Waals surface area (Å²) in [7, 11) is 0. The van der Waals surface area contributed by atoms with Crippen LogP contribution in [0.3, 0.4) is 0 Å². The van der Waals surface area contributed by atoms with Crippen LogP contribution < -0.4 is 15.0 Å². The molecule has 1 aliphatic heterocycles. The standard InChI is InChI=1S/C22H20N4O3/c27-20(25-15-16-7-3-4-12-23-16)11-6-14-26-18-9-1-2-10-19(18)29-21-17(22(26)28)8-5-13-24-21/h1-5,7-10,12-13H,6,11,14-15H2,(H,25,27). The first kappa shape index (κ1) is 18.6. The van der Waals surface area contributed by atoms with Crippen molar-refractivity contribution in [2.75, 3.05) is 11.4 Å². The normalized spacial score (nSPS) is 12.4. The summed E-state index contributed by atoms with van der Waals surface area (Å²) in [5, 5.41) is 2.86. The highest BCUT2D eigenvalue weighted by Gasteiger charge is 2.28. The molecule has 0 saturated heterocycles. The molecular weight excluding hydrogens is 368 g/mol. The van der Waals surface area contributed by atoms with E-state index in [1.54, 1.807) is 35.5 Å². The molecule has 2 aromatic heterocycles. The summed E-state index contributed by atoms with van der Waals surface area (Å²) in [6.07, 6.45) is 4.11. The van der Waals surface area contributed by atoms with Gasteiger partial charge in [0.1, 0.15) is 5.56 Å². The van der Waals surface area contributed by atoms with Crippen LogP contribution in [0.25, 0.3) is 0 Å². The van der Waals surface area contributed by atoms with E-state index in [1.165, 1.54) is 0 Å². The molecule has 1 N–H and O–H groups in total. The highest BCUT2D eigenvalue weighted by atomic mass is 16.5. The fraction of sp³-hybridized carbons (Fsp3) is 0.182. The van der Waals surface area contributed by atoms with Crippen molar-refractivity contribution in [3.8, 4) is 11.6 Å². The number of rotatable bonds is 6. The Bertz CT molecular complexity index is 1020. The molecule has 3 heterocycles. The molecular formula is C22H20N4O3. The van der Waals surface area contributed by atoms with Gasteiger partial charge in [0.15, 0.2) is 5.75 Å². The number of nitrogens with one attached hydrogen (secondary N) is 1. The Morgan fingerprint density at radius 2 is 1.83 bits per heavy atom. The average molecular weight is 388 g/mol. The Morgan fingerprint density at radius 1 is 1.00 bits per heavy atom. The second kappa shape index (κ2) is 8.52. The smallest absolute Gasteiger partial charge is 0.263 e. The fourth-order valence-electron chi connectivity index (χ4n) is 3.16. The van der Waals surface area contributed by atoms with Crippen molar-refractivity contribution in [2.24, 2.45) is 0 Å². The van der Waals surface area contributed by atoms with Gasteiger partial charge < -0.3 is 15.0 Å². The van der Waals surface area contributed by atoms with Crippen LogP contribution in [-0.4, -0.2) is 28.3 Å². The molecule has 0 atom stereocenters. The lowest BCUT2D eigenvalue weighted by Gasteiger charge is -2.21. The fourth-order valence-corrected chi connectivity index (χ4v) is 3.16. The molecule has 0 spiro atoms. The molecule has 0 unspecified atom stereocenters. The van der Waals surface area contributed by atoms with E-state index in [0.29, 0.717) is 48.8 Å².